The molecule has 0 aromatic heterocycles. The number of carbonyl (C=O) groups excluding carboxylic acids is 2. The van der Waals surface area contributed by atoms with Crippen molar-refractivity contribution < 1.29 is 14.3 Å². The monoisotopic (exact) mass is 322 g/mol. The van der Waals surface area contributed by atoms with Crippen LogP contribution in [0.25, 0.3) is 0 Å². The number of benzene rings is 2. The molecule has 0 aliphatic rings. The minimum Gasteiger partial charge on any atom is -0.462 e. The summed E-state index contributed by atoms with van der Waals surface area (Å²) in [7, 11) is 0. The molecule has 1 N–H and O–H groups in total. The van der Waals surface area contributed by atoms with Gasteiger partial charge in [0.25, 0.3) is 0 Å². The van der Waals surface area contributed by atoms with Crippen molar-refractivity contribution in [3.63, 3.8) is 0 Å². The van der Waals surface area contributed by atoms with Crippen LogP contribution < -0.4 is 5.32 Å². The standard InChI is InChI=1S/C19H18N2O3/c1-2-24-19(23)16-8-10-17(11-9-16)21-18(22)12-7-14-3-5-15(13-20)6-4-14/h3-6,8-11H,2,7,12H2,1H3,(H,21,22). The Kier molecular flexibility index (Phi) is 6.09. The van der Waals surface area contributed by atoms with Crippen molar-refractivity contribution in [2.45, 2.75) is 19.8 Å². The molecule has 0 fully saturated rings. The second kappa shape index (κ2) is 8.49. The molecule has 0 atom stereocenters. The number of aryl methyl sites for hydroxylation is 1. The van der Waals surface area contributed by atoms with Gasteiger partial charge < -0.3 is 10.1 Å². The molecule has 2 aromatic carbocycles. The molecule has 0 spiro atoms. The molecule has 0 saturated heterocycles. The van der Waals surface area contributed by atoms with Crippen LogP contribution in [0.5, 0.6) is 0 Å². The molecule has 0 unspecified atom stereocenters. The second-order valence-electron chi connectivity index (χ2n) is 5.15. The van der Waals surface area contributed by atoms with Crippen molar-refractivity contribution in [1.29, 1.82) is 5.26 Å². The molecule has 24 heavy (non-hydrogen) atoms. The molecule has 5 heteroatoms. The number of rotatable bonds is 6. The molecule has 0 saturated carbocycles. The number of anilines is 1. The first kappa shape index (κ1) is 17.2. The summed E-state index contributed by atoms with van der Waals surface area (Å²) in [6.07, 6.45) is 0.935. The molecule has 0 bridgehead atoms. The lowest BCUT2D eigenvalue weighted by molar-refractivity contribution is -0.116. The van der Waals surface area contributed by atoms with Gasteiger partial charge in [0.15, 0.2) is 0 Å². The summed E-state index contributed by atoms with van der Waals surface area (Å²) in [5.74, 6) is -0.487. The first-order chi connectivity index (χ1) is 11.6. The smallest absolute Gasteiger partial charge is 0.338 e. The highest BCUT2D eigenvalue weighted by molar-refractivity contribution is 5.93. The van der Waals surface area contributed by atoms with Crippen LogP contribution in [-0.2, 0) is 16.0 Å². The van der Waals surface area contributed by atoms with Gasteiger partial charge in [0, 0.05) is 12.1 Å². The van der Waals surface area contributed by atoms with Crippen LogP contribution in [0.3, 0.4) is 0 Å². The largest absolute Gasteiger partial charge is 0.462 e. The van der Waals surface area contributed by atoms with Crippen LogP contribution in [0, 0.1) is 11.3 Å². The third-order valence-electron chi connectivity index (χ3n) is 3.40. The van der Waals surface area contributed by atoms with Gasteiger partial charge in [-0.05, 0) is 55.3 Å². The van der Waals surface area contributed by atoms with Crippen LogP contribution in [0.2, 0.25) is 0 Å². The summed E-state index contributed by atoms with van der Waals surface area (Å²) in [6, 6.07) is 15.8. The van der Waals surface area contributed by atoms with Crippen LogP contribution in [0.15, 0.2) is 48.5 Å². The van der Waals surface area contributed by atoms with Crippen molar-refractivity contribution in [2.24, 2.45) is 0 Å². The summed E-state index contributed by atoms with van der Waals surface area (Å²) in [6.45, 7) is 2.08. The number of nitrogens with zero attached hydrogens (tertiary/aromatic N) is 1. The normalized spacial score (nSPS) is 9.83. The predicted octanol–water partition coefficient (Wildman–Crippen LogP) is 3.31. The maximum absolute atomic E-state index is 12.0. The fraction of sp³-hybridized carbons (Fsp3) is 0.211. The molecule has 1 amide bonds. The first-order valence-electron chi connectivity index (χ1n) is 7.68. The fourth-order valence-corrected chi connectivity index (χ4v) is 2.13. The molecular formula is C19H18N2O3. The van der Waals surface area contributed by atoms with Gasteiger partial charge in [0.2, 0.25) is 5.91 Å². The third kappa shape index (κ3) is 4.96. The Morgan fingerprint density at radius 2 is 1.75 bits per heavy atom. The lowest BCUT2D eigenvalue weighted by atomic mass is 10.1. The zero-order valence-corrected chi connectivity index (χ0v) is 13.4. The summed E-state index contributed by atoms with van der Waals surface area (Å²) < 4.78 is 4.91. The molecule has 0 heterocycles. The predicted molar refractivity (Wildman–Crippen MR) is 90.5 cm³/mol. The molecule has 122 valence electrons. The van der Waals surface area contributed by atoms with E-state index in [4.69, 9.17) is 10.00 Å². The van der Waals surface area contributed by atoms with Gasteiger partial charge in [-0.2, -0.15) is 5.26 Å². The van der Waals surface area contributed by atoms with Gasteiger partial charge in [0.05, 0.1) is 23.8 Å². The Balaban J connectivity index is 1.85. The average molecular weight is 322 g/mol. The molecule has 2 rings (SSSR count). The highest BCUT2D eigenvalue weighted by Crippen LogP contribution is 2.12. The number of hydrogen-bond donors (Lipinski definition) is 1. The van der Waals surface area contributed by atoms with E-state index in [-0.39, 0.29) is 11.9 Å². The van der Waals surface area contributed by atoms with E-state index in [1.165, 1.54) is 0 Å². The summed E-state index contributed by atoms with van der Waals surface area (Å²) in [5.41, 5.74) is 2.69. The summed E-state index contributed by atoms with van der Waals surface area (Å²) in [4.78, 5) is 23.5. The van der Waals surface area contributed by atoms with Crippen molar-refractivity contribution in [3.8, 4) is 6.07 Å². The van der Waals surface area contributed by atoms with Crippen molar-refractivity contribution in [2.75, 3.05) is 11.9 Å². The Bertz CT molecular complexity index is 744. The molecular weight excluding hydrogens is 304 g/mol. The van der Waals surface area contributed by atoms with Gasteiger partial charge in [-0.3, -0.25) is 4.79 Å². The highest BCUT2D eigenvalue weighted by Gasteiger charge is 2.07. The average Bonchev–Trinajstić information content (AvgIpc) is 2.61. The van der Waals surface area contributed by atoms with Gasteiger partial charge in [-0.25, -0.2) is 4.79 Å². The first-order valence-corrected chi connectivity index (χ1v) is 7.68. The number of nitriles is 1. The second-order valence-corrected chi connectivity index (χ2v) is 5.15. The number of ether oxygens (including phenoxy) is 1. The SMILES string of the molecule is CCOC(=O)c1ccc(NC(=O)CCc2ccc(C#N)cc2)cc1. The number of carbonyl (C=O) groups is 2. The molecule has 2 aromatic rings. The van der Waals surface area contributed by atoms with Gasteiger partial charge >= 0.3 is 5.97 Å². The Morgan fingerprint density at radius 1 is 1.08 bits per heavy atom. The quantitative estimate of drug-likeness (QED) is 0.828. The Labute approximate surface area is 140 Å². The Morgan fingerprint density at radius 3 is 2.33 bits per heavy atom. The third-order valence-corrected chi connectivity index (χ3v) is 3.40. The lowest BCUT2D eigenvalue weighted by Gasteiger charge is -2.07. The van der Waals surface area contributed by atoms with E-state index >= 15 is 0 Å². The van der Waals surface area contributed by atoms with Crippen LogP contribution in [0.1, 0.15) is 34.8 Å². The fourth-order valence-electron chi connectivity index (χ4n) is 2.13. The van der Waals surface area contributed by atoms with Gasteiger partial charge in [0.1, 0.15) is 0 Å². The van der Waals surface area contributed by atoms with E-state index in [0.717, 1.165) is 5.56 Å². The summed E-state index contributed by atoms with van der Waals surface area (Å²) >= 11 is 0. The molecule has 0 aliphatic carbocycles. The van der Waals surface area contributed by atoms with Crippen LogP contribution >= 0.6 is 0 Å². The Hall–Kier alpha value is -3.13. The maximum atomic E-state index is 12.0. The van der Waals surface area contributed by atoms with E-state index < -0.39 is 0 Å². The highest BCUT2D eigenvalue weighted by atomic mass is 16.5. The minimum atomic E-state index is -0.379. The topological polar surface area (TPSA) is 79.2 Å². The van der Waals surface area contributed by atoms with Crippen molar-refractivity contribution >= 4 is 17.6 Å². The summed E-state index contributed by atoms with van der Waals surface area (Å²) in [5, 5.41) is 11.5. The van der Waals surface area contributed by atoms with E-state index in [1.807, 2.05) is 12.1 Å². The maximum Gasteiger partial charge on any atom is 0.338 e. The van der Waals surface area contributed by atoms with Gasteiger partial charge in [-0.15, -0.1) is 0 Å². The van der Waals surface area contributed by atoms with E-state index in [0.29, 0.717) is 36.3 Å². The zero-order valence-electron chi connectivity index (χ0n) is 13.4. The zero-order chi connectivity index (χ0) is 17.4. The van der Waals surface area contributed by atoms with Gasteiger partial charge in [-0.1, -0.05) is 12.1 Å². The minimum absolute atomic E-state index is 0.108. The molecule has 0 radical (unpaired) electrons. The van der Waals surface area contributed by atoms with E-state index in [1.54, 1.807) is 43.3 Å². The number of esters is 1. The number of amides is 1. The lowest BCUT2D eigenvalue weighted by Crippen LogP contribution is -2.12. The van der Waals surface area contributed by atoms with Crippen molar-refractivity contribution in [3.05, 3.63) is 65.2 Å². The van der Waals surface area contributed by atoms with E-state index in [2.05, 4.69) is 11.4 Å². The van der Waals surface area contributed by atoms with Crippen LogP contribution in [-0.4, -0.2) is 18.5 Å². The van der Waals surface area contributed by atoms with E-state index in [9.17, 15) is 9.59 Å². The van der Waals surface area contributed by atoms with Crippen molar-refractivity contribution in [1.82, 2.24) is 0 Å². The molecule has 5 nitrogen and oxygen atoms in total. The molecule has 0 aliphatic heterocycles. The number of nitrogens with one attached hydrogen (secondary N) is 1. The number of hydrogen-bond acceptors (Lipinski definition) is 4. The van der Waals surface area contributed by atoms with Crippen LogP contribution in [0.4, 0.5) is 5.69 Å².